The van der Waals surface area contributed by atoms with E-state index < -0.39 is 26.0 Å². The first-order valence-corrected chi connectivity index (χ1v) is 28.0. The number of carbonyl (C=O) groups is 3. The van der Waals surface area contributed by atoms with E-state index in [4.69, 9.17) is 27.9 Å². The maximum absolute atomic E-state index is 13.2. The number of nitrogens with one attached hydrogen (secondary N) is 4. The fourth-order valence-corrected chi connectivity index (χ4v) is 14.0. The summed E-state index contributed by atoms with van der Waals surface area (Å²) in [5.41, 5.74) is 4.40. The van der Waals surface area contributed by atoms with Crippen LogP contribution in [0.2, 0.25) is 10.0 Å². The van der Waals surface area contributed by atoms with Crippen molar-refractivity contribution in [3.8, 4) is 0 Å². The molecule has 8 rings (SSSR count). The molecule has 0 bridgehead atoms. The molecule has 4 heterocycles. The van der Waals surface area contributed by atoms with Crippen molar-refractivity contribution in [3.05, 3.63) is 158 Å². The Kier molecular flexibility index (Phi) is 18.2. The minimum absolute atomic E-state index is 0.0892. The van der Waals surface area contributed by atoms with Gasteiger partial charge in [-0.1, -0.05) is 35.3 Å². The SMILES string of the molecule is CN(C)c1cccc(NC2CCN(S(=O)(=O)c3ccc(CNC(=O)c4ccc(Cl)cc4)s3)CC2)c1.COC(=O)c1cccc(NC2CCN(S(=O)(=O)c3ccc(CNC(=O)c4ccc(Cl)cc4)s3)CC2)c1. The van der Waals surface area contributed by atoms with Crippen molar-refractivity contribution in [3.63, 3.8) is 0 Å². The molecule has 71 heavy (non-hydrogen) atoms. The van der Waals surface area contributed by atoms with E-state index in [9.17, 15) is 31.2 Å². The first kappa shape index (κ1) is 53.3. The van der Waals surface area contributed by atoms with E-state index in [1.807, 2.05) is 32.3 Å². The molecule has 6 aromatic rings. The van der Waals surface area contributed by atoms with Gasteiger partial charge in [0.2, 0.25) is 0 Å². The molecular formula is C50H55Cl2N7O8S4. The Balaban J connectivity index is 0.000000209. The van der Waals surface area contributed by atoms with Crippen LogP contribution < -0.4 is 26.2 Å². The molecule has 0 atom stereocenters. The Morgan fingerprint density at radius 3 is 1.44 bits per heavy atom. The maximum atomic E-state index is 13.2. The van der Waals surface area contributed by atoms with Crippen LogP contribution in [0.25, 0.3) is 0 Å². The number of piperidine rings is 2. The summed E-state index contributed by atoms with van der Waals surface area (Å²) in [6.45, 7) is 2.20. The third-order valence-corrected chi connectivity index (χ3v) is 19.2. The zero-order valence-electron chi connectivity index (χ0n) is 39.3. The summed E-state index contributed by atoms with van der Waals surface area (Å²) < 4.78 is 61.1. The molecule has 2 aliphatic heterocycles. The molecule has 2 fully saturated rings. The Hall–Kier alpha value is -5.51. The number of halogens is 2. The molecule has 2 amide bonds. The molecule has 15 nitrogen and oxygen atoms in total. The summed E-state index contributed by atoms with van der Waals surface area (Å²) in [6.07, 6.45) is 2.75. The summed E-state index contributed by atoms with van der Waals surface area (Å²) in [5, 5.41) is 13.7. The van der Waals surface area contributed by atoms with Gasteiger partial charge < -0.3 is 30.9 Å². The number of ether oxygens (including phenoxy) is 1. The van der Waals surface area contributed by atoms with E-state index in [-0.39, 0.29) is 41.2 Å². The normalized spacial score (nSPS) is 14.9. The number of amides is 2. The van der Waals surface area contributed by atoms with E-state index in [0.29, 0.717) is 70.0 Å². The van der Waals surface area contributed by atoms with Crippen LogP contribution in [-0.4, -0.2) is 103 Å². The number of nitrogens with zero attached hydrogens (tertiary/aromatic N) is 3. The Labute approximate surface area is 433 Å². The Morgan fingerprint density at radius 1 is 0.592 bits per heavy atom. The van der Waals surface area contributed by atoms with Gasteiger partial charge in [-0.25, -0.2) is 21.6 Å². The van der Waals surface area contributed by atoms with Crippen LogP contribution in [0, 0.1) is 0 Å². The van der Waals surface area contributed by atoms with Crippen LogP contribution in [0.3, 0.4) is 0 Å². The molecule has 0 saturated carbocycles. The number of benzene rings is 4. The summed E-state index contributed by atoms with van der Waals surface area (Å²) >= 11 is 14.1. The average molecular weight is 1080 g/mol. The number of thiophene rings is 2. The second kappa shape index (κ2) is 24.3. The number of sulfonamides is 2. The molecule has 0 unspecified atom stereocenters. The summed E-state index contributed by atoms with van der Waals surface area (Å²) in [5.74, 6) is -0.888. The molecule has 4 aromatic carbocycles. The van der Waals surface area contributed by atoms with Gasteiger partial charge in [0.15, 0.2) is 0 Å². The van der Waals surface area contributed by atoms with Crippen LogP contribution in [0.15, 0.2) is 130 Å². The fraction of sp³-hybridized carbons (Fsp3) is 0.300. The van der Waals surface area contributed by atoms with Crippen LogP contribution in [0.4, 0.5) is 17.1 Å². The summed E-state index contributed by atoms with van der Waals surface area (Å²) in [4.78, 5) is 39.9. The lowest BCUT2D eigenvalue weighted by molar-refractivity contribution is 0.0600. The van der Waals surface area contributed by atoms with Gasteiger partial charge in [-0.15, -0.1) is 22.7 Å². The number of methoxy groups -OCH3 is 1. The van der Waals surface area contributed by atoms with Gasteiger partial charge in [0, 0.05) is 100 Å². The highest BCUT2D eigenvalue weighted by Gasteiger charge is 2.32. The van der Waals surface area contributed by atoms with Crippen LogP contribution in [0.1, 0.15) is 66.5 Å². The van der Waals surface area contributed by atoms with E-state index in [0.717, 1.165) is 51.0 Å². The van der Waals surface area contributed by atoms with E-state index in [1.54, 1.807) is 95.3 Å². The lowest BCUT2D eigenvalue weighted by Crippen LogP contribution is -2.42. The Morgan fingerprint density at radius 2 is 1.01 bits per heavy atom. The van der Waals surface area contributed by atoms with Crippen molar-refractivity contribution in [2.24, 2.45) is 0 Å². The lowest BCUT2D eigenvalue weighted by atomic mass is 10.1. The van der Waals surface area contributed by atoms with Gasteiger partial charge in [0.05, 0.1) is 25.8 Å². The number of esters is 1. The van der Waals surface area contributed by atoms with Crippen LogP contribution in [0.5, 0.6) is 0 Å². The molecule has 2 aromatic heterocycles. The molecule has 4 N–H and O–H groups in total. The zero-order valence-corrected chi connectivity index (χ0v) is 44.0. The summed E-state index contributed by atoms with van der Waals surface area (Å²) in [6, 6.07) is 35.5. The van der Waals surface area contributed by atoms with Gasteiger partial charge >= 0.3 is 5.97 Å². The zero-order chi connectivity index (χ0) is 50.7. The van der Waals surface area contributed by atoms with Crippen molar-refractivity contribution >= 4 is 101 Å². The third-order valence-electron chi connectivity index (χ3n) is 11.8. The predicted octanol–water partition coefficient (Wildman–Crippen LogP) is 9.05. The Bertz CT molecular complexity index is 3010. The lowest BCUT2D eigenvalue weighted by Gasteiger charge is -2.32. The van der Waals surface area contributed by atoms with Crippen molar-refractivity contribution in [1.29, 1.82) is 0 Å². The second-order valence-electron chi connectivity index (χ2n) is 17.0. The largest absolute Gasteiger partial charge is 0.465 e. The second-order valence-corrected chi connectivity index (χ2v) is 24.5. The van der Waals surface area contributed by atoms with Gasteiger partial charge in [0.1, 0.15) is 8.42 Å². The molecule has 0 spiro atoms. The topological polar surface area (TPSA) is 187 Å². The molecule has 376 valence electrons. The smallest absolute Gasteiger partial charge is 0.337 e. The molecule has 0 radical (unpaired) electrons. The number of carbonyl (C=O) groups excluding carboxylic acids is 3. The molecule has 2 aliphatic rings. The van der Waals surface area contributed by atoms with Crippen LogP contribution >= 0.6 is 45.9 Å². The average Bonchev–Trinajstić information content (AvgIpc) is 4.08. The van der Waals surface area contributed by atoms with Gasteiger partial charge in [-0.3, -0.25) is 9.59 Å². The minimum atomic E-state index is -3.62. The fourth-order valence-electron chi connectivity index (χ4n) is 7.86. The predicted molar refractivity (Wildman–Crippen MR) is 283 cm³/mol. The van der Waals surface area contributed by atoms with E-state index in [1.165, 1.54) is 22.8 Å². The maximum Gasteiger partial charge on any atom is 0.337 e. The highest BCUT2D eigenvalue weighted by atomic mass is 35.5. The molecule has 2 saturated heterocycles. The molecule has 0 aliphatic carbocycles. The number of rotatable bonds is 16. The number of anilines is 3. The quantitative estimate of drug-likeness (QED) is 0.0678. The highest BCUT2D eigenvalue weighted by molar-refractivity contribution is 7.91. The van der Waals surface area contributed by atoms with Gasteiger partial charge in [-0.2, -0.15) is 8.61 Å². The van der Waals surface area contributed by atoms with Crippen molar-refractivity contribution < 1.29 is 36.0 Å². The molecular weight excluding hydrogens is 1030 g/mol. The first-order valence-electron chi connectivity index (χ1n) is 22.7. The van der Waals surface area contributed by atoms with Crippen molar-refractivity contribution in [2.75, 3.05) is 62.9 Å². The highest BCUT2D eigenvalue weighted by Crippen LogP contribution is 2.30. The minimum Gasteiger partial charge on any atom is -0.465 e. The van der Waals surface area contributed by atoms with Gasteiger partial charge in [-0.05, 0) is 135 Å². The van der Waals surface area contributed by atoms with E-state index >= 15 is 0 Å². The number of hydrogen-bond acceptors (Lipinski definition) is 13. The first-order chi connectivity index (χ1) is 34.0. The van der Waals surface area contributed by atoms with Crippen molar-refractivity contribution in [2.45, 2.75) is 59.3 Å². The number of hydrogen-bond donors (Lipinski definition) is 4. The standard InChI is InChI=1S/C25H29ClN4O3S2.C25H26ClN3O5S2/c1-29(2)22-5-3-4-21(16-22)28-20-12-14-30(15-13-20)35(32,33)24-11-10-23(34-24)17-27-25(31)18-6-8-19(26)9-7-18;1-34-25(31)18-3-2-4-21(15-18)28-20-11-13-29(14-12-20)36(32,33)23-10-9-22(35-23)16-27-24(30)17-5-7-19(26)8-6-17/h3-11,16,20,28H,12-15,17H2,1-2H3,(H,27,31);2-10,15,20,28H,11-14,16H2,1H3,(H,27,30). The third kappa shape index (κ3) is 14.3. The molecule has 21 heteroatoms. The van der Waals surface area contributed by atoms with Crippen molar-refractivity contribution in [1.82, 2.24) is 19.2 Å². The summed E-state index contributed by atoms with van der Waals surface area (Å²) in [7, 11) is -1.83. The van der Waals surface area contributed by atoms with E-state index in [2.05, 4.69) is 38.3 Å². The van der Waals surface area contributed by atoms with Gasteiger partial charge in [0.25, 0.3) is 31.9 Å². The monoisotopic (exact) mass is 1080 g/mol. The van der Waals surface area contributed by atoms with Crippen LogP contribution in [-0.2, 0) is 37.9 Å².